The molecule has 2 heterocycles. The first-order valence-electron chi connectivity index (χ1n) is 4.74. The lowest BCUT2D eigenvalue weighted by molar-refractivity contribution is 0.321. The van der Waals surface area contributed by atoms with Crippen molar-refractivity contribution in [3.8, 4) is 10.6 Å². The first kappa shape index (κ1) is 11.5. The highest BCUT2D eigenvalue weighted by Gasteiger charge is 2.09. The van der Waals surface area contributed by atoms with Gasteiger partial charge in [0.1, 0.15) is 5.75 Å². The Hall–Kier alpha value is -0.980. The van der Waals surface area contributed by atoms with E-state index in [9.17, 15) is 4.21 Å². The van der Waals surface area contributed by atoms with E-state index in [0.717, 1.165) is 4.88 Å². The average Bonchev–Trinajstić information content (AvgIpc) is 2.86. The third-order valence-electron chi connectivity index (χ3n) is 1.92. The van der Waals surface area contributed by atoms with E-state index >= 15 is 0 Å². The van der Waals surface area contributed by atoms with Gasteiger partial charge in [-0.3, -0.25) is 4.21 Å². The molecule has 0 aliphatic rings. The minimum Gasteiger partial charge on any atom is -0.439 e. The second-order valence-corrected chi connectivity index (χ2v) is 5.63. The predicted molar refractivity (Wildman–Crippen MR) is 63.6 cm³/mol. The second-order valence-electron chi connectivity index (χ2n) is 3.11. The van der Waals surface area contributed by atoms with Gasteiger partial charge >= 0.3 is 0 Å². The van der Waals surface area contributed by atoms with Crippen molar-refractivity contribution in [2.75, 3.05) is 12.4 Å². The Morgan fingerprint density at radius 2 is 2.44 bits per heavy atom. The zero-order valence-corrected chi connectivity index (χ0v) is 10.1. The standard InChI is InChI=1S/C10H11NO3S2/c12-3-5-16(13)7-10-11-6-8(14-10)9-2-1-4-15-9/h1-2,4,6,12H,3,5,7H2. The fraction of sp³-hybridized carbons (Fsp3) is 0.300. The van der Waals surface area contributed by atoms with Gasteiger partial charge in [-0.05, 0) is 11.4 Å². The van der Waals surface area contributed by atoms with Gasteiger partial charge in [-0.15, -0.1) is 11.3 Å². The molecule has 86 valence electrons. The Morgan fingerprint density at radius 1 is 1.56 bits per heavy atom. The number of oxazole rings is 1. The van der Waals surface area contributed by atoms with Crippen LogP contribution in [0.2, 0.25) is 0 Å². The molecule has 2 aromatic rings. The molecule has 1 unspecified atom stereocenters. The van der Waals surface area contributed by atoms with E-state index in [1.165, 1.54) is 0 Å². The number of aromatic nitrogens is 1. The van der Waals surface area contributed by atoms with E-state index in [0.29, 0.717) is 11.7 Å². The molecule has 0 aromatic carbocycles. The van der Waals surface area contributed by atoms with Gasteiger partial charge < -0.3 is 9.52 Å². The molecule has 2 rings (SSSR count). The molecule has 0 saturated heterocycles. The molecular formula is C10H11NO3S2. The summed E-state index contributed by atoms with van der Waals surface area (Å²) < 4.78 is 16.8. The number of nitrogens with zero attached hydrogens (tertiary/aromatic N) is 1. The average molecular weight is 257 g/mol. The van der Waals surface area contributed by atoms with Crippen LogP contribution in [-0.2, 0) is 16.6 Å². The lowest BCUT2D eigenvalue weighted by atomic mass is 10.4. The summed E-state index contributed by atoms with van der Waals surface area (Å²) in [7, 11) is -1.11. The van der Waals surface area contributed by atoms with E-state index in [2.05, 4.69) is 4.98 Å². The lowest BCUT2D eigenvalue weighted by Gasteiger charge is -1.95. The largest absolute Gasteiger partial charge is 0.439 e. The summed E-state index contributed by atoms with van der Waals surface area (Å²) in [6.07, 6.45) is 1.64. The summed E-state index contributed by atoms with van der Waals surface area (Å²) in [6, 6.07) is 3.88. The van der Waals surface area contributed by atoms with Gasteiger partial charge in [-0.25, -0.2) is 4.98 Å². The van der Waals surface area contributed by atoms with E-state index in [1.807, 2.05) is 17.5 Å². The third-order valence-corrected chi connectivity index (χ3v) is 4.01. The molecule has 2 aromatic heterocycles. The molecule has 16 heavy (non-hydrogen) atoms. The molecule has 0 saturated carbocycles. The van der Waals surface area contributed by atoms with Gasteiger partial charge in [0, 0.05) is 16.6 Å². The van der Waals surface area contributed by atoms with Crippen molar-refractivity contribution in [2.45, 2.75) is 5.75 Å². The summed E-state index contributed by atoms with van der Waals surface area (Å²) >= 11 is 1.57. The third kappa shape index (κ3) is 2.78. The van der Waals surface area contributed by atoms with Crippen molar-refractivity contribution in [3.63, 3.8) is 0 Å². The van der Waals surface area contributed by atoms with Gasteiger partial charge in [0.25, 0.3) is 0 Å². The van der Waals surface area contributed by atoms with Gasteiger partial charge in [0.2, 0.25) is 5.89 Å². The maximum absolute atomic E-state index is 11.4. The Labute approximate surface area is 99.4 Å². The van der Waals surface area contributed by atoms with Crippen LogP contribution in [0.15, 0.2) is 28.1 Å². The topological polar surface area (TPSA) is 63.3 Å². The highest BCUT2D eigenvalue weighted by molar-refractivity contribution is 7.84. The zero-order valence-electron chi connectivity index (χ0n) is 8.46. The van der Waals surface area contributed by atoms with E-state index in [4.69, 9.17) is 9.52 Å². The molecule has 0 radical (unpaired) electrons. The van der Waals surface area contributed by atoms with E-state index < -0.39 is 10.8 Å². The number of hydrogen-bond donors (Lipinski definition) is 1. The lowest BCUT2D eigenvalue weighted by Crippen LogP contribution is -2.04. The Balaban J connectivity index is 2.06. The molecule has 1 N–H and O–H groups in total. The van der Waals surface area contributed by atoms with Crippen LogP contribution in [-0.4, -0.2) is 26.7 Å². The SMILES string of the molecule is O=S(CCO)Cc1ncc(-c2cccs2)o1. The Kier molecular flexibility index (Phi) is 3.87. The highest BCUT2D eigenvalue weighted by Crippen LogP contribution is 2.25. The quantitative estimate of drug-likeness (QED) is 0.884. The number of aliphatic hydroxyl groups excluding tert-OH is 1. The highest BCUT2D eigenvalue weighted by atomic mass is 32.2. The molecule has 6 heteroatoms. The summed E-state index contributed by atoms with van der Waals surface area (Å²) in [4.78, 5) is 5.07. The van der Waals surface area contributed by atoms with Crippen LogP contribution in [0.3, 0.4) is 0 Å². The van der Waals surface area contributed by atoms with Gasteiger partial charge in [0.05, 0.1) is 17.7 Å². The molecule has 0 fully saturated rings. The second kappa shape index (κ2) is 5.38. The van der Waals surface area contributed by atoms with Crippen molar-refractivity contribution in [1.82, 2.24) is 4.98 Å². The number of hydrogen-bond acceptors (Lipinski definition) is 5. The maximum Gasteiger partial charge on any atom is 0.207 e. The molecular weight excluding hydrogens is 246 g/mol. The van der Waals surface area contributed by atoms with Crippen LogP contribution in [0, 0.1) is 0 Å². The Bertz CT molecular complexity index is 464. The normalized spacial score (nSPS) is 12.8. The van der Waals surface area contributed by atoms with Crippen LogP contribution in [0.5, 0.6) is 0 Å². The predicted octanol–water partition coefficient (Wildman–Crippen LogP) is 1.64. The molecule has 0 aliphatic carbocycles. The summed E-state index contributed by atoms with van der Waals surface area (Å²) in [5.74, 6) is 1.67. The molecule has 0 aliphatic heterocycles. The molecule has 4 nitrogen and oxygen atoms in total. The van der Waals surface area contributed by atoms with Gasteiger partial charge in [-0.2, -0.15) is 0 Å². The van der Waals surface area contributed by atoms with Crippen LogP contribution in [0.1, 0.15) is 5.89 Å². The van der Waals surface area contributed by atoms with Crippen LogP contribution in [0.25, 0.3) is 10.6 Å². The van der Waals surface area contributed by atoms with E-state index in [1.54, 1.807) is 17.5 Å². The van der Waals surface area contributed by atoms with Crippen LogP contribution < -0.4 is 0 Å². The number of rotatable bonds is 5. The fourth-order valence-electron chi connectivity index (χ4n) is 1.22. The van der Waals surface area contributed by atoms with Gasteiger partial charge in [0.15, 0.2) is 5.76 Å². The smallest absolute Gasteiger partial charge is 0.207 e. The number of aliphatic hydroxyl groups is 1. The summed E-state index contributed by atoms with van der Waals surface area (Å²) in [5, 5.41) is 10.6. The molecule has 0 amide bonds. The minimum absolute atomic E-state index is 0.0783. The van der Waals surface area contributed by atoms with Crippen LogP contribution >= 0.6 is 11.3 Å². The minimum atomic E-state index is -1.11. The van der Waals surface area contributed by atoms with E-state index in [-0.39, 0.29) is 18.1 Å². The number of thiophene rings is 1. The van der Waals surface area contributed by atoms with Crippen molar-refractivity contribution >= 4 is 22.1 Å². The first-order valence-corrected chi connectivity index (χ1v) is 7.11. The summed E-state index contributed by atoms with van der Waals surface area (Å²) in [5.41, 5.74) is 0. The van der Waals surface area contributed by atoms with Crippen molar-refractivity contribution in [1.29, 1.82) is 0 Å². The van der Waals surface area contributed by atoms with Crippen LogP contribution in [0.4, 0.5) is 0 Å². The summed E-state index contributed by atoms with van der Waals surface area (Å²) in [6.45, 7) is -0.0783. The fourth-order valence-corrected chi connectivity index (χ4v) is 2.65. The Morgan fingerprint density at radius 3 is 3.12 bits per heavy atom. The van der Waals surface area contributed by atoms with Crippen molar-refractivity contribution in [3.05, 3.63) is 29.6 Å². The first-order chi connectivity index (χ1) is 7.79. The maximum atomic E-state index is 11.4. The van der Waals surface area contributed by atoms with Crippen molar-refractivity contribution < 1.29 is 13.7 Å². The molecule has 0 spiro atoms. The zero-order chi connectivity index (χ0) is 11.4. The molecule has 0 bridgehead atoms. The van der Waals surface area contributed by atoms with Gasteiger partial charge in [-0.1, -0.05) is 6.07 Å². The van der Waals surface area contributed by atoms with Crippen molar-refractivity contribution in [2.24, 2.45) is 0 Å². The monoisotopic (exact) mass is 257 g/mol. The molecule has 1 atom stereocenters.